The van der Waals surface area contributed by atoms with Crippen LogP contribution < -0.4 is 16.0 Å². The number of likely N-dealkylation sites (N-methyl/N-ethyl adjacent to an activating group) is 6. The summed E-state index contributed by atoms with van der Waals surface area (Å²) in [6.45, 7) is 11.6. The van der Waals surface area contributed by atoms with Gasteiger partial charge in [0.1, 0.15) is 53.9 Å². The predicted molar refractivity (Wildman–Crippen MR) is 368 cm³/mol. The van der Waals surface area contributed by atoms with Gasteiger partial charge < -0.3 is 59.9 Å². The average molecular weight is 1480 g/mol. The Hall–Kier alpha value is -6.00. The lowest BCUT2D eigenvalue weighted by molar-refractivity contribution is -0.184. The van der Waals surface area contributed by atoms with E-state index in [1.807, 2.05) is 20.8 Å². The molecule has 7 aliphatic rings. The van der Waals surface area contributed by atoms with Gasteiger partial charge in [-0.15, -0.1) is 11.6 Å². The first kappa shape index (κ1) is 83.3. The largest absolute Gasteiger partial charge is 0.393 e. The number of rotatable bonds is 12. The van der Waals surface area contributed by atoms with Crippen molar-refractivity contribution in [3.8, 4) is 0 Å². The number of nitrogens with one attached hydrogen (secondary N) is 3. The summed E-state index contributed by atoms with van der Waals surface area (Å²) < 4.78 is 90.3. The summed E-state index contributed by atoms with van der Waals surface area (Å²) >= 11 is 6.40. The van der Waals surface area contributed by atoms with Gasteiger partial charge in [0, 0.05) is 86.2 Å². The molecule has 7 rings (SSSR count). The Kier molecular flexibility index (Phi) is 28.9. The second-order valence-corrected chi connectivity index (χ2v) is 31.7. The minimum atomic E-state index is -4.55. The lowest BCUT2D eigenvalue weighted by atomic mass is 9.74. The van der Waals surface area contributed by atoms with Gasteiger partial charge in [0.15, 0.2) is 0 Å². The maximum atomic E-state index is 15.5. The highest BCUT2D eigenvalue weighted by molar-refractivity contribution is 6.20. The number of amides is 11. The normalized spacial score (nSPS) is 32.8. The van der Waals surface area contributed by atoms with Crippen molar-refractivity contribution in [3.05, 3.63) is 0 Å². The van der Waals surface area contributed by atoms with Crippen LogP contribution in [-0.2, 0) is 57.5 Å². The molecule has 7 fully saturated rings. The quantitative estimate of drug-likeness (QED) is 0.127. The van der Waals surface area contributed by atoms with Crippen molar-refractivity contribution in [2.75, 3.05) is 68.5 Å². The number of nitrogens with zero attached hydrogens (tertiary/aromatic N) is 8. The molecule has 4 aliphatic carbocycles. The maximum Gasteiger partial charge on any atom is 0.393 e. The smallest absolute Gasteiger partial charge is 0.377 e. The van der Waals surface area contributed by atoms with Gasteiger partial charge in [-0.3, -0.25) is 52.7 Å². The predicted octanol–water partition coefficient (Wildman–Crippen LogP) is 7.44. The monoisotopic (exact) mass is 1470 g/mol. The van der Waals surface area contributed by atoms with Gasteiger partial charge in [-0.25, -0.2) is 0 Å². The van der Waals surface area contributed by atoms with Crippen molar-refractivity contribution < 1.29 is 83.8 Å². The summed E-state index contributed by atoms with van der Waals surface area (Å²) in [5.74, 6) is -12.5. The number of ether oxygens (including phenoxy) is 1. The Bertz CT molecular complexity index is 2990. The number of halogens is 7. The van der Waals surface area contributed by atoms with Crippen LogP contribution in [0.25, 0.3) is 0 Å². The highest BCUT2D eigenvalue weighted by Crippen LogP contribution is 2.45. The standard InChI is InChI=1S/C72H114ClF6N11O12/c1-14-42(5)59-67(99)85(10)44(7)63(95)89-33-30-53(89)66(98)87(12)56(37-46-22-26-48(27-23-46)71(74,75)76)65(97)83(8)40-57(91)80-52(29-25-45-24-28-50(51(73)36-45)72(77,78)79)64(96)90-39-49(102-15-2)38-55(90)62(94)82-70(31-19-32-70)69(101)88(13)60(47-20-17-16-18-21-47)68(100)84(9)43(6)35-58(92)86(11)54(34-41(3)4)61(93)81-59/h41-56,59-60H,14-40H2,1-13H3,(H,80,91)(H,81,93)(H,82,94)/t42-,43+,44-,45?,46?,48?,49+,50?,51?,52-,53-,54-,55-,56-,59-,60-/m0/s1. The molecule has 0 aromatic carbocycles. The molecule has 102 heavy (non-hydrogen) atoms. The second-order valence-electron chi connectivity index (χ2n) is 31.2. The molecule has 3 unspecified atom stereocenters. The van der Waals surface area contributed by atoms with Crippen molar-refractivity contribution in [1.29, 1.82) is 0 Å². The van der Waals surface area contributed by atoms with Crippen LogP contribution in [0.15, 0.2) is 0 Å². The molecule has 11 amide bonds. The van der Waals surface area contributed by atoms with Gasteiger partial charge >= 0.3 is 12.4 Å². The van der Waals surface area contributed by atoms with Crippen molar-refractivity contribution in [3.63, 3.8) is 0 Å². The fraction of sp³-hybridized carbons (Fsp3) is 0.847. The van der Waals surface area contributed by atoms with E-state index in [9.17, 15) is 55.1 Å². The summed E-state index contributed by atoms with van der Waals surface area (Å²) in [5, 5.41) is 7.43. The molecule has 0 aromatic rings. The first-order valence-corrected chi connectivity index (χ1v) is 37.7. The topological polar surface area (TPSA) is 259 Å². The molecule has 3 heterocycles. The molecule has 0 radical (unpaired) electrons. The van der Waals surface area contributed by atoms with E-state index < -0.39 is 185 Å². The third-order valence-corrected chi connectivity index (χ3v) is 24.3. The number of carbonyl (C=O) groups excluding carboxylic acids is 11. The van der Waals surface area contributed by atoms with Gasteiger partial charge in [0.25, 0.3) is 0 Å². The van der Waals surface area contributed by atoms with Crippen molar-refractivity contribution in [2.24, 2.45) is 41.4 Å². The highest BCUT2D eigenvalue weighted by Gasteiger charge is 2.55. The van der Waals surface area contributed by atoms with Crippen molar-refractivity contribution >= 4 is 76.6 Å². The molecule has 0 aromatic heterocycles. The van der Waals surface area contributed by atoms with E-state index in [4.69, 9.17) is 16.3 Å². The van der Waals surface area contributed by atoms with Crippen LogP contribution in [0.5, 0.6) is 0 Å². The Balaban J connectivity index is 1.27. The second kappa shape index (κ2) is 35.4. The minimum absolute atomic E-state index is 0.0476. The van der Waals surface area contributed by atoms with Crippen LogP contribution in [0, 0.1) is 41.4 Å². The molecule has 30 heteroatoms. The molecule has 4 saturated carbocycles. The minimum Gasteiger partial charge on any atom is -0.377 e. The number of fused-ring (bicyclic) bond motifs is 2. The van der Waals surface area contributed by atoms with Crippen LogP contribution in [-0.4, -0.2) is 256 Å². The number of carbonyl (C=O) groups is 11. The molecular weight excluding hydrogens is 1360 g/mol. The summed E-state index contributed by atoms with van der Waals surface area (Å²) in [5.41, 5.74) is -1.54. The van der Waals surface area contributed by atoms with Crippen LogP contribution >= 0.6 is 11.6 Å². The van der Waals surface area contributed by atoms with Gasteiger partial charge in [0.2, 0.25) is 65.0 Å². The van der Waals surface area contributed by atoms with E-state index in [0.717, 1.165) is 29.1 Å². The van der Waals surface area contributed by atoms with Gasteiger partial charge in [-0.05, 0) is 160 Å². The van der Waals surface area contributed by atoms with E-state index in [1.165, 1.54) is 71.6 Å². The van der Waals surface area contributed by atoms with Crippen molar-refractivity contribution in [1.82, 2.24) is 55.1 Å². The molecule has 578 valence electrons. The number of hydrogen-bond acceptors (Lipinski definition) is 12. The number of alkyl halides is 7. The zero-order valence-corrected chi connectivity index (χ0v) is 62.9. The number of hydrogen-bond donors (Lipinski definition) is 3. The maximum absolute atomic E-state index is 15.5. The summed E-state index contributed by atoms with van der Waals surface area (Å²) in [6, 6.07) is -10.7. The summed E-state index contributed by atoms with van der Waals surface area (Å²) in [7, 11) is 8.59. The fourth-order valence-electron chi connectivity index (χ4n) is 16.5. The first-order valence-electron chi connectivity index (χ1n) is 37.3. The van der Waals surface area contributed by atoms with Crippen LogP contribution in [0.4, 0.5) is 26.3 Å². The summed E-state index contributed by atoms with van der Waals surface area (Å²) in [6.07, 6.45) is -5.58. The van der Waals surface area contributed by atoms with Gasteiger partial charge in [-0.1, -0.05) is 53.4 Å². The van der Waals surface area contributed by atoms with E-state index >= 15 is 24.0 Å². The van der Waals surface area contributed by atoms with E-state index in [1.54, 1.807) is 27.8 Å². The Morgan fingerprint density at radius 3 is 1.79 bits per heavy atom. The molecule has 0 bridgehead atoms. The lowest BCUT2D eigenvalue weighted by Gasteiger charge is -2.47. The molecule has 3 saturated heterocycles. The third-order valence-electron chi connectivity index (χ3n) is 23.8. The fourth-order valence-corrected chi connectivity index (χ4v) is 17.0. The van der Waals surface area contributed by atoms with Gasteiger partial charge in [-0.2, -0.15) is 26.3 Å². The van der Waals surface area contributed by atoms with Crippen LogP contribution in [0.2, 0.25) is 0 Å². The Labute approximate surface area is 603 Å². The van der Waals surface area contributed by atoms with Gasteiger partial charge in [0.05, 0.1) is 24.5 Å². The van der Waals surface area contributed by atoms with E-state index in [2.05, 4.69) is 16.0 Å². The lowest BCUT2D eigenvalue weighted by Crippen LogP contribution is -2.68. The van der Waals surface area contributed by atoms with Crippen LogP contribution in [0.3, 0.4) is 0 Å². The molecule has 1 spiro atoms. The Morgan fingerprint density at radius 1 is 0.608 bits per heavy atom. The molecule has 14 atom stereocenters. The zero-order chi connectivity index (χ0) is 75.8. The highest BCUT2D eigenvalue weighted by atomic mass is 35.5. The van der Waals surface area contributed by atoms with E-state index in [-0.39, 0.29) is 134 Å². The molecule has 3 aliphatic heterocycles. The average Bonchev–Trinajstić information content (AvgIpc) is 1.15. The molecule has 3 N–H and O–H groups in total. The van der Waals surface area contributed by atoms with E-state index in [0.29, 0.717) is 25.7 Å². The molecular formula is C72H114ClF6N11O12. The van der Waals surface area contributed by atoms with Crippen LogP contribution in [0.1, 0.15) is 196 Å². The third kappa shape index (κ3) is 19.7. The molecule has 23 nitrogen and oxygen atoms in total. The SMILES string of the molecule is CCO[C@@H]1C[C@H]2C(=O)NC3(CCC3)C(=O)N(C)[C@@H](C3CCCCC3)C(=O)N(C)[C@H](C)CC(=O)N(C)[C@@H](CC(C)C)C(=O)N[C@@H]([C@@H](C)CC)C(=O)N(C)[C@@H](C)C(=O)N3CC[C@H]3C(=O)N(C)[C@@H](CC3CCC(C(F)(F)F)CC3)C(=O)N(C)CC(=O)N[C@@H](CCC3CCC(C(F)(F)F)C(Cl)C3)C(=O)N2C1. The summed E-state index contributed by atoms with van der Waals surface area (Å²) in [4.78, 5) is 175. The Morgan fingerprint density at radius 2 is 1.25 bits per heavy atom. The zero-order valence-electron chi connectivity index (χ0n) is 62.1. The first-order chi connectivity index (χ1) is 47.8. The van der Waals surface area contributed by atoms with Crippen molar-refractivity contribution in [2.45, 2.75) is 280 Å².